The number of benzene rings is 1. The molecule has 0 bridgehead atoms. The molecule has 0 radical (unpaired) electrons. The zero-order valence-corrected chi connectivity index (χ0v) is 11.3. The minimum absolute atomic E-state index is 0.170. The van der Waals surface area contributed by atoms with E-state index in [2.05, 4.69) is 42.0 Å². The summed E-state index contributed by atoms with van der Waals surface area (Å²) in [7, 11) is 0. The van der Waals surface area contributed by atoms with Crippen LogP contribution >= 0.6 is 0 Å². The molecular weight excluding hydrogens is 226 g/mol. The van der Waals surface area contributed by atoms with Gasteiger partial charge in [-0.05, 0) is 43.9 Å². The van der Waals surface area contributed by atoms with Gasteiger partial charge in [-0.2, -0.15) is 0 Å². The number of ether oxygens (including phenoxy) is 2. The van der Waals surface area contributed by atoms with Gasteiger partial charge in [0.1, 0.15) is 0 Å². The summed E-state index contributed by atoms with van der Waals surface area (Å²) in [5, 5.41) is 1.26. The van der Waals surface area contributed by atoms with Crippen LogP contribution in [-0.2, 0) is 16.0 Å². The molecule has 0 N–H and O–H groups in total. The van der Waals surface area contributed by atoms with Crippen LogP contribution in [0.2, 0.25) is 0 Å². The SMILES string of the molecule is CCOC(Cn1ccc2ccc(C)cc21)OCC. The lowest BCUT2D eigenvalue weighted by atomic mass is 10.2. The molecule has 2 rings (SSSR count). The first kappa shape index (κ1) is 13.1. The Morgan fingerprint density at radius 3 is 2.50 bits per heavy atom. The maximum atomic E-state index is 5.59. The highest BCUT2D eigenvalue weighted by atomic mass is 16.7. The van der Waals surface area contributed by atoms with Gasteiger partial charge in [-0.1, -0.05) is 12.1 Å². The van der Waals surface area contributed by atoms with Crippen LogP contribution in [0.3, 0.4) is 0 Å². The summed E-state index contributed by atoms with van der Waals surface area (Å²) in [4.78, 5) is 0. The van der Waals surface area contributed by atoms with Gasteiger partial charge < -0.3 is 14.0 Å². The lowest BCUT2D eigenvalue weighted by Crippen LogP contribution is -2.23. The Balaban J connectivity index is 2.21. The van der Waals surface area contributed by atoms with Gasteiger partial charge in [0.2, 0.25) is 0 Å². The maximum absolute atomic E-state index is 5.59. The molecule has 1 aromatic carbocycles. The number of aryl methyl sites for hydroxylation is 1. The molecule has 0 saturated heterocycles. The van der Waals surface area contributed by atoms with E-state index in [1.165, 1.54) is 16.5 Å². The fraction of sp³-hybridized carbons (Fsp3) is 0.467. The summed E-state index contributed by atoms with van der Waals surface area (Å²) in [5.41, 5.74) is 2.51. The fourth-order valence-electron chi connectivity index (χ4n) is 2.14. The Kier molecular flexibility index (Phi) is 4.39. The van der Waals surface area contributed by atoms with Crippen LogP contribution in [0.1, 0.15) is 19.4 Å². The standard InChI is InChI=1S/C15H21NO2/c1-4-17-15(18-5-2)11-16-9-8-13-7-6-12(3)10-14(13)16/h6-10,15H,4-5,11H2,1-3H3. The van der Waals surface area contributed by atoms with Crippen molar-refractivity contribution in [2.45, 2.75) is 33.6 Å². The fourth-order valence-corrected chi connectivity index (χ4v) is 2.14. The highest BCUT2D eigenvalue weighted by molar-refractivity contribution is 5.80. The number of hydrogen-bond donors (Lipinski definition) is 0. The van der Waals surface area contributed by atoms with Crippen LogP contribution in [0.25, 0.3) is 10.9 Å². The summed E-state index contributed by atoms with van der Waals surface area (Å²) in [6.45, 7) is 8.16. The second-order valence-corrected chi connectivity index (χ2v) is 4.37. The first-order chi connectivity index (χ1) is 8.74. The molecule has 3 heteroatoms. The van der Waals surface area contributed by atoms with Gasteiger partial charge in [0.05, 0.1) is 6.54 Å². The van der Waals surface area contributed by atoms with E-state index in [1.54, 1.807) is 0 Å². The van der Waals surface area contributed by atoms with E-state index in [0.717, 1.165) is 6.54 Å². The number of fused-ring (bicyclic) bond motifs is 1. The third-order valence-electron chi connectivity index (χ3n) is 2.98. The van der Waals surface area contributed by atoms with Crippen molar-refractivity contribution in [3.8, 4) is 0 Å². The third kappa shape index (κ3) is 2.92. The highest BCUT2D eigenvalue weighted by Gasteiger charge is 2.10. The lowest BCUT2D eigenvalue weighted by Gasteiger charge is -2.18. The van der Waals surface area contributed by atoms with Gasteiger partial charge in [-0.25, -0.2) is 0 Å². The quantitative estimate of drug-likeness (QED) is 0.731. The Bertz CT molecular complexity index is 498. The van der Waals surface area contributed by atoms with Crippen LogP contribution < -0.4 is 0 Å². The van der Waals surface area contributed by atoms with E-state index in [-0.39, 0.29) is 6.29 Å². The van der Waals surface area contributed by atoms with E-state index in [4.69, 9.17) is 9.47 Å². The Labute approximate surface area is 108 Å². The molecule has 0 amide bonds. The minimum atomic E-state index is -0.170. The van der Waals surface area contributed by atoms with Gasteiger partial charge in [-0.3, -0.25) is 0 Å². The summed E-state index contributed by atoms with van der Waals surface area (Å²) >= 11 is 0. The molecule has 1 aromatic heterocycles. The highest BCUT2D eigenvalue weighted by Crippen LogP contribution is 2.18. The molecule has 0 fully saturated rings. The first-order valence-corrected chi connectivity index (χ1v) is 6.53. The van der Waals surface area contributed by atoms with Crippen molar-refractivity contribution in [1.29, 1.82) is 0 Å². The molecular formula is C15H21NO2. The topological polar surface area (TPSA) is 23.4 Å². The molecule has 0 saturated carbocycles. The normalized spacial score (nSPS) is 11.6. The Hall–Kier alpha value is -1.32. The summed E-state index contributed by atoms with van der Waals surface area (Å²) < 4.78 is 13.4. The predicted octanol–water partition coefficient (Wildman–Crippen LogP) is 3.35. The average molecular weight is 247 g/mol. The Morgan fingerprint density at radius 1 is 1.11 bits per heavy atom. The Morgan fingerprint density at radius 2 is 1.83 bits per heavy atom. The lowest BCUT2D eigenvalue weighted by molar-refractivity contribution is -0.143. The van der Waals surface area contributed by atoms with Crippen molar-refractivity contribution in [2.75, 3.05) is 13.2 Å². The van der Waals surface area contributed by atoms with E-state index < -0.39 is 0 Å². The average Bonchev–Trinajstić information content (AvgIpc) is 2.73. The number of hydrogen-bond acceptors (Lipinski definition) is 2. The van der Waals surface area contributed by atoms with E-state index >= 15 is 0 Å². The molecule has 0 unspecified atom stereocenters. The summed E-state index contributed by atoms with van der Waals surface area (Å²) in [5.74, 6) is 0. The first-order valence-electron chi connectivity index (χ1n) is 6.53. The van der Waals surface area contributed by atoms with Crippen molar-refractivity contribution < 1.29 is 9.47 Å². The summed E-state index contributed by atoms with van der Waals surface area (Å²) in [6.07, 6.45) is 1.92. The van der Waals surface area contributed by atoms with Crippen molar-refractivity contribution in [2.24, 2.45) is 0 Å². The van der Waals surface area contributed by atoms with E-state index in [1.807, 2.05) is 13.8 Å². The molecule has 0 aliphatic rings. The van der Waals surface area contributed by atoms with Gasteiger partial charge in [0.15, 0.2) is 6.29 Å². The second kappa shape index (κ2) is 6.03. The third-order valence-corrected chi connectivity index (χ3v) is 2.98. The van der Waals surface area contributed by atoms with Crippen LogP contribution in [0.5, 0.6) is 0 Å². The molecule has 3 nitrogen and oxygen atoms in total. The van der Waals surface area contributed by atoms with E-state index in [9.17, 15) is 0 Å². The van der Waals surface area contributed by atoms with Crippen LogP contribution in [0.4, 0.5) is 0 Å². The summed E-state index contributed by atoms with van der Waals surface area (Å²) in [6, 6.07) is 8.61. The van der Waals surface area contributed by atoms with Crippen molar-refractivity contribution in [1.82, 2.24) is 4.57 Å². The molecule has 0 aliphatic heterocycles. The second-order valence-electron chi connectivity index (χ2n) is 4.37. The zero-order chi connectivity index (χ0) is 13.0. The monoisotopic (exact) mass is 247 g/mol. The van der Waals surface area contributed by atoms with Crippen molar-refractivity contribution in [3.05, 3.63) is 36.0 Å². The van der Waals surface area contributed by atoms with Crippen LogP contribution in [0, 0.1) is 6.92 Å². The molecule has 1 heterocycles. The maximum Gasteiger partial charge on any atom is 0.175 e. The largest absolute Gasteiger partial charge is 0.351 e. The number of aromatic nitrogens is 1. The molecule has 0 atom stereocenters. The van der Waals surface area contributed by atoms with Crippen LogP contribution in [0.15, 0.2) is 30.5 Å². The number of rotatable bonds is 6. The molecule has 2 aromatic rings. The predicted molar refractivity (Wildman–Crippen MR) is 73.7 cm³/mol. The van der Waals surface area contributed by atoms with Crippen molar-refractivity contribution >= 4 is 10.9 Å². The van der Waals surface area contributed by atoms with E-state index in [0.29, 0.717) is 13.2 Å². The van der Waals surface area contributed by atoms with Gasteiger partial charge in [0.25, 0.3) is 0 Å². The van der Waals surface area contributed by atoms with Gasteiger partial charge in [0, 0.05) is 24.9 Å². The zero-order valence-electron chi connectivity index (χ0n) is 11.3. The van der Waals surface area contributed by atoms with Gasteiger partial charge >= 0.3 is 0 Å². The van der Waals surface area contributed by atoms with Crippen LogP contribution in [-0.4, -0.2) is 24.1 Å². The molecule has 98 valence electrons. The van der Waals surface area contributed by atoms with Gasteiger partial charge in [-0.15, -0.1) is 0 Å². The molecule has 18 heavy (non-hydrogen) atoms. The number of nitrogens with zero attached hydrogens (tertiary/aromatic N) is 1. The molecule has 0 spiro atoms. The minimum Gasteiger partial charge on any atom is -0.351 e. The smallest absolute Gasteiger partial charge is 0.175 e. The molecule has 0 aliphatic carbocycles. The van der Waals surface area contributed by atoms with Crippen molar-refractivity contribution in [3.63, 3.8) is 0 Å².